The van der Waals surface area contributed by atoms with E-state index in [1.165, 1.54) is 10.4 Å². The van der Waals surface area contributed by atoms with Crippen molar-refractivity contribution >= 4 is 25.0 Å². The van der Waals surface area contributed by atoms with Crippen LogP contribution in [-0.2, 0) is 15.6 Å². The Morgan fingerprint density at radius 2 is 1.21 bits per heavy atom. The summed E-state index contributed by atoms with van der Waals surface area (Å²) in [6, 6.07) is 31.0. The van der Waals surface area contributed by atoms with E-state index in [2.05, 4.69) is 69.3 Å². The molecule has 3 aromatic carbocycles. The molecule has 3 aromatic rings. The summed E-state index contributed by atoms with van der Waals surface area (Å²) in [6.07, 6.45) is 1.05. The Morgan fingerprint density at radius 3 is 1.61 bits per heavy atom. The van der Waals surface area contributed by atoms with Crippen molar-refractivity contribution in [2.45, 2.75) is 38.3 Å². The Labute approximate surface area is 169 Å². The normalized spacial score (nSPS) is 13.1. The van der Waals surface area contributed by atoms with Crippen LogP contribution in [0.25, 0.3) is 0 Å². The third-order valence-electron chi connectivity index (χ3n) is 5.18. The van der Waals surface area contributed by atoms with E-state index >= 15 is 0 Å². The van der Waals surface area contributed by atoms with Gasteiger partial charge in [0.1, 0.15) is 12.4 Å². The summed E-state index contributed by atoms with van der Waals surface area (Å²) in [6.45, 7) is 6.68. The molecule has 3 rings (SSSR count). The highest BCUT2D eigenvalue weighted by atomic mass is 28.4. The van der Waals surface area contributed by atoms with Gasteiger partial charge in [0, 0.05) is 6.42 Å². The van der Waals surface area contributed by atoms with Crippen molar-refractivity contribution in [3.8, 4) is 0 Å². The van der Waals surface area contributed by atoms with E-state index in [1.807, 2.05) is 42.5 Å². The molecule has 0 unspecified atom stereocenters. The molecule has 0 fully saturated rings. The first kappa shape index (κ1) is 20.2. The highest BCUT2D eigenvalue weighted by Gasteiger charge is 2.51. The molecule has 0 radical (unpaired) electrons. The van der Waals surface area contributed by atoms with Gasteiger partial charge < -0.3 is 9.22 Å². The monoisotopic (exact) mass is 388 g/mol. The molecular weight excluding hydrogens is 360 g/mol. The molecule has 0 aliphatic rings. The summed E-state index contributed by atoms with van der Waals surface area (Å²) < 4.78 is 6.90. The van der Waals surface area contributed by atoms with Crippen molar-refractivity contribution in [1.29, 1.82) is 0 Å². The van der Waals surface area contributed by atoms with Crippen molar-refractivity contribution < 1.29 is 9.22 Å². The van der Waals surface area contributed by atoms with E-state index in [0.717, 1.165) is 11.8 Å². The number of aldehydes is 1. The molecule has 0 aromatic heterocycles. The van der Waals surface area contributed by atoms with Gasteiger partial charge in [0.15, 0.2) is 0 Å². The van der Waals surface area contributed by atoms with Crippen LogP contribution in [0.1, 0.15) is 26.3 Å². The van der Waals surface area contributed by atoms with Crippen LogP contribution >= 0.6 is 0 Å². The number of hydrogen-bond donors (Lipinski definition) is 0. The van der Waals surface area contributed by atoms with Gasteiger partial charge in [-0.25, -0.2) is 0 Å². The smallest absolute Gasteiger partial charge is 0.262 e. The van der Waals surface area contributed by atoms with Gasteiger partial charge in [0.05, 0.1) is 0 Å². The zero-order valence-electron chi connectivity index (χ0n) is 16.8. The Kier molecular flexibility index (Phi) is 6.27. The number of hydrogen-bond acceptors (Lipinski definition) is 2. The van der Waals surface area contributed by atoms with Crippen LogP contribution in [-0.4, -0.2) is 20.7 Å². The maximum absolute atomic E-state index is 12.1. The topological polar surface area (TPSA) is 26.3 Å². The van der Waals surface area contributed by atoms with E-state index in [9.17, 15) is 4.79 Å². The first-order valence-corrected chi connectivity index (χ1v) is 11.7. The largest absolute Gasteiger partial charge is 0.397 e. The van der Waals surface area contributed by atoms with Crippen LogP contribution in [0.2, 0.25) is 5.04 Å². The average molecular weight is 389 g/mol. The number of rotatable bonds is 7. The third-order valence-corrected chi connectivity index (χ3v) is 10.2. The van der Waals surface area contributed by atoms with Crippen molar-refractivity contribution in [3.63, 3.8) is 0 Å². The number of carbonyl (C=O) groups is 1. The molecule has 0 saturated heterocycles. The lowest BCUT2D eigenvalue weighted by Crippen LogP contribution is -2.68. The quantitative estimate of drug-likeness (QED) is 0.444. The van der Waals surface area contributed by atoms with Crippen molar-refractivity contribution in [2.24, 2.45) is 0 Å². The van der Waals surface area contributed by atoms with Crippen LogP contribution in [0, 0.1) is 0 Å². The fourth-order valence-corrected chi connectivity index (χ4v) is 8.49. The molecule has 0 aliphatic heterocycles. The second-order valence-corrected chi connectivity index (χ2v) is 12.4. The molecule has 0 saturated carbocycles. The highest BCUT2D eigenvalue weighted by molar-refractivity contribution is 6.99. The number of benzene rings is 3. The molecule has 0 aliphatic carbocycles. The molecule has 0 N–H and O–H groups in total. The van der Waals surface area contributed by atoms with Crippen molar-refractivity contribution in [1.82, 2.24) is 0 Å². The van der Waals surface area contributed by atoms with Crippen molar-refractivity contribution in [2.75, 3.05) is 0 Å². The fraction of sp³-hybridized carbons (Fsp3) is 0.240. The molecule has 3 heteroatoms. The molecule has 1 atom stereocenters. The summed E-state index contributed by atoms with van der Waals surface area (Å²) in [5.41, 5.74) is 1.11. The van der Waals surface area contributed by atoms with Crippen LogP contribution < -0.4 is 10.4 Å². The Balaban J connectivity index is 2.11. The minimum atomic E-state index is -2.72. The maximum Gasteiger partial charge on any atom is 0.262 e. The average Bonchev–Trinajstić information content (AvgIpc) is 2.72. The summed E-state index contributed by atoms with van der Waals surface area (Å²) in [7, 11) is -2.72. The molecule has 144 valence electrons. The van der Waals surface area contributed by atoms with Crippen LogP contribution in [0.4, 0.5) is 0 Å². The SMILES string of the molecule is CC(C)(C)[Si](O[C@H](C=O)Cc1ccccc1)(c1ccccc1)c1ccccc1. The lowest BCUT2D eigenvalue weighted by molar-refractivity contribution is -0.114. The van der Waals surface area contributed by atoms with E-state index in [0.29, 0.717) is 6.42 Å². The Hall–Kier alpha value is -2.49. The van der Waals surface area contributed by atoms with Gasteiger partial charge in [0.25, 0.3) is 8.32 Å². The zero-order valence-corrected chi connectivity index (χ0v) is 17.8. The van der Waals surface area contributed by atoms with Crippen LogP contribution in [0.3, 0.4) is 0 Å². The lowest BCUT2D eigenvalue weighted by atomic mass is 10.1. The standard InChI is InChI=1S/C25H28O2Si/c1-25(2,3)28(23-15-9-5-10-16-23,24-17-11-6-12-18-24)27-22(20-26)19-21-13-7-4-8-14-21/h4-18,20,22H,19H2,1-3H3/t22-/m0/s1. The summed E-state index contributed by atoms with van der Waals surface area (Å²) in [5, 5.41) is 2.23. The Morgan fingerprint density at radius 1 is 0.786 bits per heavy atom. The second-order valence-electron chi connectivity index (χ2n) is 8.15. The maximum atomic E-state index is 12.1. The number of carbonyl (C=O) groups excluding carboxylic acids is 1. The van der Waals surface area contributed by atoms with E-state index in [-0.39, 0.29) is 5.04 Å². The van der Waals surface area contributed by atoms with Gasteiger partial charge >= 0.3 is 0 Å². The molecule has 0 amide bonds. The van der Waals surface area contributed by atoms with Gasteiger partial charge in [0.2, 0.25) is 0 Å². The van der Waals surface area contributed by atoms with Gasteiger partial charge in [-0.15, -0.1) is 0 Å². The fourth-order valence-electron chi connectivity index (χ4n) is 3.88. The predicted octanol–water partition coefficient (Wildman–Crippen LogP) is 4.37. The van der Waals surface area contributed by atoms with Gasteiger partial charge in [-0.2, -0.15) is 0 Å². The molecule has 0 spiro atoms. The summed E-state index contributed by atoms with van der Waals surface area (Å²) >= 11 is 0. The minimum Gasteiger partial charge on any atom is -0.397 e. The van der Waals surface area contributed by atoms with Crippen LogP contribution in [0.15, 0.2) is 91.0 Å². The van der Waals surface area contributed by atoms with Crippen molar-refractivity contribution in [3.05, 3.63) is 96.6 Å². The molecule has 2 nitrogen and oxygen atoms in total. The first-order chi connectivity index (χ1) is 13.5. The van der Waals surface area contributed by atoms with Crippen LogP contribution in [0.5, 0.6) is 0 Å². The highest BCUT2D eigenvalue weighted by Crippen LogP contribution is 2.37. The Bertz CT molecular complexity index is 831. The predicted molar refractivity (Wildman–Crippen MR) is 119 cm³/mol. The zero-order chi connectivity index (χ0) is 20.0. The van der Waals surface area contributed by atoms with E-state index < -0.39 is 14.4 Å². The third kappa shape index (κ3) is 4.16. The molecule has 0 bridgehead atoms. The lowest BCUT2D eigenvalue weighted by Gasteiger charge is -2.44. The minimum absolute atomic E-state index is 0.145. The van der Waals surface area contributed by atoms with Gasteiger partial charge in [-0.1, -0.05) is 112 Å². The molecular formula is C25H28O2Si. The van der Waals surface area contributed by atoms with E-state index in [4.69, 9.17) is 4.43 Å². The van der Waals surface area contributed by atoms with Gasteiger partial charge in [-0.3, -0.25) is 0 Å². The summed E-state index contributed by atoms with van der Waals surface area (Å²) in [4.78, 5) is 12.1. The molecule has 28 heavy (non-hydrogen) atoms. The second kappa shape index (κ2) is 8.68. The van der Waals surface area contributed by atoms with Gasteiger partial charge in [-0.05, 0) is 21.0 Å². The summed E-state index contributed by atoms with van der Waals surface area (Å²) in [5.74, 6) is 0. The first-order valence-electron chi connectivity index (χ1n) is 9.75. The molecule has 0 heterocycles. The van der Waals surface area contributed by atoms with E-state index in [1.54, 1.807) is 0 Å².